The van der Waals surface area contributed by atoms with Crippen LogP contribution in [0.5, 0.6) is 0 Å². The number of nitrogens with one attached hydrogen (secondary N) is 1. The molecule has 120 valence electrons. The topological polar surface area (TPSA) is 75.9 Å². The van der Waals surface area contributed by atoms with E-state index in [1.807, 2.05) is 47.2 Å². The molecule has 4 aromatic rings. The van der Waals surface area contributed by atoms with Gasteiger partial charge in [0.1, 0.15) is 22.8 Å². The van der Waals surface area contributed by atoms with E-state index in [4.69, 9.17) is 11.6 Å². The summed E-state index contributed by atoms with van der Waals surface area (Å²) in [5.74, 6) is 1.21. The summed E-state index contributed by atoms with van der Waals surface area (Å²) in [5.41, 5.74) is 1.02. The van der Waals surface area contributed by atoms with E-state index in [9.17, 15) is 5.11 Å². The molecule has 0 aliphatic heterocycles. The van der Waals surface area contributed by atoms with E-state index in [0.717, 1.165) is 20.8 Å². The second kappa shape index (κ2) is 6.20. The van der Waals surface area contributed by atoms with Crippen LogP contribution in [0.3, 0.4) is 0 Å². The Morgan fingerprint density at radius 1 is 1.21 bits per heavy atom. The van der Waals surface area contributed by atoms with E-state index in [2.05, 4.69) is 20.3 Å². The highest BCUT2D eigenvalue weighted by Gasteiger charge is 2.12. The first kappa shape index (κ1) is 15.1. The molecule has 3 aromatic heterocycles. The first-order chi connectivity index (χ1) is 11.7. The van der Waals surface area contributed by atoms with Crippen LogP contribution in [-0.4, -0.2) is 24.6 Å². The number of fused-ring (bicyclic) bond motifs is 1. The SMILES string of the molecule is OCc1cc2c(Nc3cn(-c4ccccc4)cn3)nc(Cl)nc2s1. The monoisotopic (exact) mass is 357 g/mol. The molecule has 0 fully saturated rings. The molecule has 0 saturated carbocycles. The second-order valence-corrected chi connectivity index (χ2v) is 6.51. The van der Waals surface area contributed by atoms with Crippen molar-refractivity contribution in [1.82, 2.24) is 19.5 Å². The smallest absolute Gasteiger partial charge is 0.225 e. The third-order valence-electron chi connectivity index (χ3n) is 3.46. The van der Waals surface area contributed by atoms with Crippen molar-refractivity contribution in [3.05, 3.63) is 59.1 Å². The molecule has 8 heteroatoms. The minimum Gasteiger partial charge on any atom is -0.391 e. The maximum absolute atomic E-state index is 9.31. The Kier molecular flexibility index (Phi) is 3.89. The molecule has 24 heavy (non-hydrogen) atoms. The Morgan fingerprint density at radius 2 is 2.04 bits per heavy atom. The van der Waals surface area contributed by atoms with Gasteiger partial charge in [0.2, 0.25) is 5.28 Å². The normalized spacial score (nSPS) is 11.1. The zero-order valence-corrected chi connectivity index (χ0v) is 13.9. The predicted molar refractivity (Wildman–Crippen MR) is 95.2 cm³/mol. The van der Waals surface area contributed by atoms with Crippen LogP contribution in [0.4, 0.5) is 11.6 Å². The zero-order chi connectivity index (χ0) is 16.5. The van der Waals surface area contributed by atoms with Crippen LogP contribution in [0.2, 0.25) is 5.28 Å². The molecule has 0 radical (unpaired) electrons. The van der Waals surface area contributed by atoms with Crippen LogP contribution in [0, 0.1) is 0 Å². The molecule has 0 spiro atoms. The molecule has 6 nitrogen and oxygen atoms in total. The first-order valence-corrected chi connectivity index (χ1v) is 8.35. The highest BCUT2D eigenvalue weighted by molar-refractivity contribution is 7.18. The van der Waals surface area contributed by atoms with Gasteiger partial charge in [0.05, 0.1) is 18.2 Å². The van der Waals surface area contributed by atoms with E-state index in [0.29, 0.717) is 11.6 Å². The fraction of sp³-hybridized carbons (Fsp3) is 0.0625. The Morgan fingerprint density at radius 3 is 2.83 bits per heavy atom. The predicted octanol–water partition coefficient (Wildman–Crippen LogP) is 3.77. The van der Waals surface area contributed by atoms with Gasteiger partial charge in [-0.05, 0) is 29.8 Å². The number of aromatic nitrogens is 4. The molecule has 4 rings (SSSR count). The number of hydrogen-bond donors (Lipinski definition) is 2. The van der Waals surface area contributed by atoms with Gasteiger partial charge < -0.3 is 15.0 Å². The Hall–Kier alpha value is -2.48. The van der Waals surface area contributed by atoms with Gasteiger partial charge in [0.15, 0.2) is 0 Å². The van der Waals surface area contributed by atoms with Gasteiger partial charge in [0, 0.05) is 10.6 Å². The number of halogens is 1. The Bertz CT molecular complexity index is 998. The Balaban J connectivity index is 1.70. The summed E-state index contributed by atoms with van der Waals surface area (Å²) in [5, 5.41) is 13.4. The van der Waals surface area contributed by atoms with Crippen LogP contribution in [0.1, 0.15) is 4.88 Å². The summed E-state index contributed by atoms with van der Waals surface area (Å²) < 4.78 is 1.91. The lowest BCUT2D eigenvalue weighted by Crippen LogP contribution is -1.96. The minimum absolute atomic E-state index is 0.0410. The van der Waals surface area contributed by atoms with Gasteiger partial charge in [-0.25, -0.2) is 9.97 Å². The van der Waals surface area contributed by atoms with E-state index in [-0.39, 0.29) is 11.9 Å². The molecule has 0 bridgehead atoms. The fourth-order valence-electron chi connectivity index (χ4n) is 2.37. The van der Waals surface area contributed by atoms with Gasteiger partial charge in [-0.1, -0.05) is 18.2 Å². The number of rotatable bonds is 4. The molecule has 0 unspecified atom stereocenters. The summed E-state index contributed by atoms with van der Waals surface area (Å²) in [7, 11) is 0. The Labute approximate surface area is 146 Å². The average molecular weight is 358 g/mol. The number of nitrogens with zero attached hydrogens (tertiary/aromatic N) is 4. The lowest BCUT2D eigenvalue weighted by atomic mass is 10.3. The molecule has 3 heterocycles. The molecule has 0 amide bonds. The molecular weight excluding hydrogens is 346 g/mol. The van der Waals surface area contributed by atoms with E-state index < -0.39 is 0 Å². The number of aliphatic hydroxyl groups excluding tert-OH is 1. The van der Waals surface area contributed by atoms with Crippen LogP contribution < -0.4 is 5.32 Å². The van der Waals surface area contributed by atoms with Gasteiger partial charge in [-0.3, -0.25) is 0 Å². The van der Waals surface area contributed by atoms with Crippen molar-refractivity contribution < 1.29 is 5.11 Å². The number of aliphatic hydroxyl groups is 1. The van der Waals surface area contributed by atoms with Gasteiger partial charge in [0.25, 0.3) is 0 Å². The zero-order valence-electron chi connectivity index (χ0n) is 12.3. The lowest BCUT2D eigenvalue weighted by Gasteiger charge is -2.04. The number of anilines is 2. The van der Waals surface area contributed by atoms with Crippen LogP contribution >= 0.6 is 22.9 Å². The minimum atomic E-state index is -0.0410. The molecule has 0 atom stereocenters. The summed E-state index contributed by atoms with van der Waals surface area (Å²) in [6, 6.07) is 11.8. The highest BCUT2D eigenvalue weighted by Crippen LogP contribution is 2.31. The third kappa shape index (κ3) is 2.84. The molecule has 0 aliphatic carbocycles. The highest BCUT2D eigenvalue weighted by atomic mass is 35.5. The van der Waals surface area contributed by atoms with Gasteiger partial charge in [-0.15, -0.1) is 11.3 Å². The summed E-state index contributed by atoms with van der Waals surface area (Å²) >= 11 is 7.39. The number of imidazole rings is 1. The molecular formula is C16H12ClN5OS. The van der Waals surface area contributed by atoms with E-state index in [1.54, 1.807) is 6.33 Å². The van der Waals surface area contributed by atoms with Crippen LogP contribution in [0.15, 0.2) is 48.9 Å². The molecule has 2 N–H and O–H groups in total. The maximum Gasteiger partial charge on any atom is 0.225 e. The van der Waals surface area contributed by atoms with Crippen molar-refractivity contribution in [3.8, 4) is 5.69 Å². The average Bonchev–Trinajstić information content (AvgIpc) is 3.22. The van der Waals surface area contributed by atoms with E-state index in [1.165, 1.54) is 11.3 Å². The largest absolute Gasteiger partial charge is 0.391 e. The first-order valence-electron chi connectivity index (χ1n) is 7.16. The van der Waals surface area contributed by atoms with Crippen LogP contribution in [0.25, 0.3) is 15.9 Å². The summed E-state index contributed by atoms with van der Waals surface area (Å²) in [6.07, 6.45) is 3.60. The molecule has 1 aromatic carbocycles. The standard InChI is InChI=1S/C16H12ClN5OS/c17-16-20-14(12-6-11(8-23)24-15(12)21-16)19-13-7-22(9-18-13)10-4-2-1-3-5-10/h1-7,9,23H,8H2,(H,19,20,21). The lowest BCUT2D eigenvalue weighted by molar-refractivity contribution is 0.285. The van der Waals surface area contributed by atoms with Crippen molar-refractivity contribution in [3.63, 3.8) is 0 Å². The molecule has 0 saturated heterocycles. The van der Waals surface area contributed by atoms with Gasteiger partial charge in [-0.2, -0.15) is 4.98 Å². The quantitative estimate of drug-likeness (QED) is 0.544. The van der Waals surface area contributed by atoms with Gasteiger partial charge >= 0.3 is 0 Å². The van der Waals surface area contributed by atoms with E-state index >= 15 is 0 Å². The maximum atomic E-state index is 9.31. The van der Waals surface area contributed by atoms with Crippen molar-refractivity contribution in [1.29, 1.82) is 0 Å². The number of hydrogen-bond acceptors (Lipinski definition) is 6. The second-order valence-electron chi connectivity index (χ2n) is 5.06. The fourth-order valence-corrected chi connectivity index (χ4v) is 3.48. The third-order valence-corrected chi connectivity index (χ3v) is 4.64. The van der Waals surface area contributed by atoms with Crippen LogP contribution in [-0.2, 0) is 6.61 Å². The molecule has 0 aliphatic rings. The van der Waals surface area contributed by atoms with Crippen molar-refractivity contribution >= 4 is 44.8 Å². The number of thiophene rings is 1. The number of benzene rings is 1. The van der Waals surface area contributed by atoms with Crippen molar-refractivity contribution in [2.24, 2.45) is 0 Å². The summed E-state index contributed by atoms with van der Waals surface area (Å²) in [6.45, 7) is -0.0410. The van der Waals surface area contributed by atoms with Crippen molar-refractivity contribution in [2.45, 2.75) is 6.61 Å². The number of para-hydroxylation sites is 1. The summed E-state index contributed by atoms with van der Waals surface area (Å²) in [4.78, 5) is 14.3. The van der Waals surface area contributed by atoms with Crippen molar-refractivity contribution in [2.75, 3.05) is 5.32 Å².